The van der Waals surface area contributed by atoms with E-state index in [1.807, 2.05) is 4.57 Å². The summed E-state index contributed by atoms with van der Waals surface area (Å²) in [4.78, 5) is 21.2. The van der Waals surface area contributed by atoms with Gasteiger partial charge in [-0.25, -0.2) is 9.97 Å². The molecule has 6 nitrogen and oxygen atoms in total. The number of hydrogen-bond acceptors (Lipinski definition) is 5. The molecule has 2 aliphatic heterocycles. The highest BCUT2D eigenvalue weighted by Gasteiger charge is 2.21. The van der Waals surface area contributed by atoms with Crippen LogP contribution in [0.5, 0.6) is 0 Å². The summed E-state index contributed by atoms with van der Waals surface area (Å²) in [5.41, 5.74) is 0.601. The van der Waals surface area contributed by atoms with Crippen molar-refractivity contribution in [1.82, 2.24) is 25.2 Å². The fourth-order valence-electron chi connectivity index (χ4n) is 3.48. The molecule has 142 valence electrons. The zero-order valence-corrected chi connectivity index (χ0v) is 17.2. The van der Waals surface area contributed by atoms with Gasteiger partial charge in [0.15, 0.2) is 5.65 Å². The normalized spacial score (nSPS) is 20.8. The van der Waals surface area contributed by atoms with E-state index in [1.165, 1.54) is 13.1 Å². The van der Waals surface area contributed by atoms with Gasteiger partial charge < -0.3 is 10.6 Å². The van der Waals surface area contributed by atoms with Crippen molar-refractivity contribution in [2.75, 3.05) is 26.2 Å². The van der Waals surface area contributed by atoms with Crippen LogP contribution in [0.2, 0.25) is 0 Å². The number of nitrogens with one attached hydrogen (secondary N) is 2. The van der Waals surface area contributed by atoms with Crippen molar-refractivity contribution < 1.29 is 0 Å². The van der Waals surface area contributed by atoms with E-state index in [9.17, 15) is 4.79 Å². The molecule has 1 unspecified atom stereocenters. The van der Waals surface area contributed by atoms with Crippen LogP contribution in [0.3, 0.4) is 0 Å². The lowest BCUT2D eigenvalue weighted by Gasteiger charge is -2.24. The summed E-state index contributed by atoms with van der Waals surface area (Å²) in [5, 5.41) is 7.27. The second-order valence-corrected chi connectivity index (χ2v) is 8.21. The number of nitrogens with zero attached hydrogens (tertiary/aromatic N) is 3. The van der Waals surface area contributed by atoms with Crippen molar-refractivity contribution in [2.24, 2.45) is 11.8 Å². The molecule has 1 saturated heterocycles. The number of halogens is 1. The monoisotopic (exact) mass is 421 g/mol. The van der Waals surface area contributed by atoms with Gasteiger partial charge >= 0.3 is 0 Å². The van der Waals surface area contributed by atoms with Crippen molar-refractivity contribution in [3.63, 3.8) is 0 Å². The van der Waals surface area contributed by atoms with E-state index in [4.69, 9.17) is 0 Å². The molecular weight excluding hydrogens is 394 g/mol. The van der Waals surface area contributed by atoms with Crippen LogP contribution in [0.1, 0.15) is 32.5 Å². The summed E-state index contributed by atoms with van der Waals surface area (Å²) in [6, 6.07) is 1.80. The highest BCUT2D eigenvalue weighted by Crippen LogP contribution is 2.22. The molecule has 0 saturated carbocycles. The van der Waals surface area contributed by atoms with Crippen LogP contribution in [0.4, 0.5) is 0 Å². The number of aromatic nitrogens is 3. The lowest BCUT2D eigenvalue weighted by molar-refractivity contribution is 0.363. The molecular formula is C19H28BrN5O. The first-order valence-electron chi connectivity index (χ1n) is 9.55. The molecule has 2 aromatic rings. The van der Waals surface area contributed by atoms with E-state index in [0.29, 0.717) is 17.0 Å². The van der Waals surface area contributed by atoms with Crippen molar-refractivity contribution in [3.8, 4) is 0 Å². The number of rotatable bonds is 1. The molecule has 0 radical (unpaired) electrons. The Balaban J connectivity index is 0.000000206. The molecule has 2 N–H and O–H groups in total. The Hall–Kier alpha value is -1.31. The number of hydrogen-bond donors (Lipinski definition) is 2. The minimum absolute atomic E-state index is 0.0401. The molecule has 26 heavy (non-hydrogen) atoms. The van der Waals surface area contributed by atoms with Crippen LogP contribution in [-0.2, 0) is 13.0 Å². The van der Waals surface area contributed by atoms with E-state index >= 15 is 0 Å². The van der Waals surface area contributed by atoms with Gasteiger partial charge in [-0.05, 0) is 53.3 Å². The predicted molar refractivity (Wildman–Crippen MR) is 109 cm³/mol. The first kappa shape index (κ1) is 19.5. The maximum absolute atomic E-state index is 12.4. The second kappa shape index (κ2) is 9.06. The minimum Gasteiger partial charge on any atom is -0.315 e. The van der Waals surface area contributed by atoms with E-state index < -0.39 is 0 Å². The standard InChI is InChI=1S/C13H14BrN3O.C6H14N2/c1-2-8-3-4-17-11(5-8)16-12-10(13(17)18)6-9(14)7-15-12;1-6-4-7-2-3-8-5-6/h6-8H,2-5H2,1H3;6-8H,2-5H2,1H3. The zero-order valence-electron chi connectivity index (χ0n) is 15.6. The maximum Gasteiger partial charge on any atom is 0.263 e. The van der Waals surface area contributed by atoms with E-state index in [0.717, 1.165) is 55.1 Å². The molecule has 0 spiro atoms. The van der Waals surface area contributed by atoms with Crippen molar-refractivity contribution in [1.29, 1.82) is 0 Å². The molecule has 2 aliphatic rings. The minimum atomic E-state index is 0.0401. The molecule has 0 aromatic carbocycles. The Morgan fingerprint density at radius 3 is 2.73 bits per heavy atom. The number of fused-ring (bicyclic) bond motifs is 2. The van der Waals surface area contributed by atoms with Crippen LogP contribution in [0, 0.1) is 11.8 Å². The summed E-state index contributed by atoms with van der Waals surface area (Å²) in [5.74, 6) is 2.34. The fourth-order valence-corrected chi connectivity index (χ4v) is 3.81. The lowest BCUT2D eigenvalue weighted by Crippen LogP contribution is -2.31. The van der Waals surface area contributed by atoms with Gasteiger partial charge in [0.1, 0.15) is 5.82 Å². The van der Waals surface area contributed by atoms with Crippen LogP contribution in [-0.4, -0.2) is 40.7 Å². The number of pyridine rings is 1. The Morgan fingerprint density at radius 2 is 2.04 bits per heavy atom. The van der Waals surface area contributed by atoms with Crippen LogP contribution >= 0.6 is 15.9 Å². The molecule has 2 aromatic heterocycles. The van der Waals surface area contributed by atoms with E-state index in [1.54, 1.807) is 12.3 Å². The van der Waals surface area contributed by atoms with Gasteiger partial charge in [0.25, 0.3) is 5.56 Å². The van der Waals surface area contributed by atoms with Gasteiger partial charge in [0.2, 0.25) is 0 Å². The molecule has 4 heterocycles. The highest BCUT2D eigenvalue weighted by atomic mass is 79.9. The first-order chi connectivity index (χ1) is 12.6. The topological polar surface area (TPSA) is 71.8 Å². The average molecular weight is 422 g/mol. The van der Waals surface area contributed by atoms with Crippen LogP contribution in [0.15, 0.2) is 21.5 Å². The SMILES string of the molecule is CC1CNCCNC1.CCC1CCn2c(nc3ncc(Br)cc3c2=O)C1. The predicted octanol–water partition coefficient (Wildman–Crippen LogP) is 2.34. The van der Waals surface area contributed by atoms with E-state index in [2.05, 4.69) is 50.4 Å². The summed E-state index contributed by atoms with van der Waals surface area (Å²) >= 11 is 3.34. The quantitative estimate of drug-likeness (QED) is 0.738. The molecule has 7 heteroatoms. The summed E-state index contributed by atoms with van der Waals surface area (Å²) in [7, 11) is 0. The van der Waals surface area contributed by atoms with Gasteiger partial charge in [-0.2, -0.15) is 0 Å². The Labute approximate surface area is 162 Å². The van der Waals surface area contributed by atoms with E-state index in [-0.39, 0.29) is 5.56 Å². The van der Waals surface area contributed by atoms with Crippen molar-refractivity contribution in [2.45, 2.75) is 39.7 Å². The van der Waals surface area contributed by atoms with Gasteiger partial charge in [0.05, 0.1) is 5.39 Å². The fraction of sp³-hybridized carbons (Fsp3) is 0.632. The second-order valence-electron chi connectivity index (χ2n) is 7.29. The van der Waals surface area contributed by atoms with Gasteiger partial charge in [0, 0.05) is 36.7 Å². The lowest BCUT2D eigenvalue weighted by atomic mass is 9.95. The third kappa shape index (κ3) is 4.69. The molecule has 1 fully saturated rings. The molecule has 0 aliphatic carbocycles. The zero-order chi connectivity index (χ0) is 18.5. The molecule has 1 atom stereocenters. The summed E-state index contributed by atoms with van der Waals surface area (Å²) in [6.07, 6.45) is 4.78. The van der Waals surface area contributed by atoms with Gasteiger partial charge in [-0.3, -0.25) is 9.36 Å². The maximum atomic E-state index is 12.4. The van der Waals surface area contributed by atoms with Crippen molar-refractivity contribution in [3.05, 3.63) is 32.9 Å². The first-order valence-corrected chi connectivity index (χ1v) is 10.3. The average Bonchev–Trinajstić information content (AvgIpc) is 2.90. The Kier molecular flexibility index (Phi) is 6.78. The smallest absolute Gasteiger partial charge is 0.263 e. The van der Waals surface area contributed by atoms with Gasteiger partial charge in [-0.15, -0.1) is 0 Å². The molecule has 0 bridgehead atoms. The largest absolute Gasteiger partial charge is 0.315 e. The Bertz CT molecular complexity index is 798. The molecule has 4 rings (SSSR count). The van der Waals surface area contributed by atoms with Gasteiger partial charge in [-0.1, -0.05) is 20.3 Å². The highest BCUT2D eigenvalue weighted by molar-refractivity contribution is 9.10. The summed E-state index contributed by atoms with van der Waals surface area (Å²) < 4.78 is 2.62. The summed E-state index contributed by atoms with van der Waals surface area (Å²) in [6.45, 7) is 9.83. The van der Waals surface area contributed by atoms with Crippen LogP contribution < -0.4 is 16.2 Å². The molecule has 0 amide bonds. The Morgan fingerprint density at radius 1 is 1.31 bits per heavy atom. The van der Waals surface area contributed by atoms with Crippen LogP contribution in [0.25, 0.3) is 11.0 Å². The van der Waals surface area contributed by atoms with Crippen molar-refractivity contribution >= 4 is 27.0 Å². The third-order valence-electron chi connectivity index (χ3n) is 5.13. The third-order valence-corrected chi connectivity index (χ3v) is 5.56.